The number of carbonyl (C=O) groups is 2. The van der Waals surface area contributed by atoms with Gasteiger partial charge in [-0.1, -0.05) is 31.4 Å². The molecule has 2 rings (SSSR count). The molecule has 0 heterocycles. The number of esters is 2. The van der Waals surface area contributed by atoms with Gasteiger partial charge < -0.3 is 18.9 Å². The van der Waals surface area contributed by atoms with E-state index < -0.39 is 17.8 Å². The molecule has 0 atom stereocenters. The van der Waals surface area contributed by atoms with Crippen LogP contribution in [0.25, 0.3) is 11.1 Å². The Balaban J connectivity index is 1.92. The lowest BCUT2D eigenvalue weighted by Crippen LogP contribution is -2.15. The van der Waals surface area contributed by atoms with Crippen molar-refractivity contribution in [2.75, 3.05) is 26.9 Å². The van der Waals surface area contributed by atoms with Gasteiger partial charge in [0.25, 0.3) is 0 Å². The number of halogens is 1. The molecule has 7 heteroatoms. The number of hydrogen-bond donors (Lipinski definition) is 0. The fourth-order valence-electron chi connectivity index (χ4n) is 2.33. The van der Waals surface area contributed by atoms with Crippen molar-refractivity contribution in [3.63, 3.8) is 0 Å². The van der Waals surface area contributed by atoms with Crippen LogP contribution in [0.4, 0.5) is 4.39 Å². The molecule has 2 aromatic carbocycles. The zero-order valence-corrected chi connectivity index (χ0v) is 16.9. The number of benzene rings is 2. The highest BCUT2D eigenvalue weighted by molar-refractivity contribution is 5.89. The van der Waals surface area contributed by atoms with Gasteiger partial charge in [-0.3, -0.25) is 0 Å². The van der Waals surface area contributed by atoms with Crippen LogP contribution in [0, 0.1) is 5.82 Å². The number of ether oxygens (including phenoxy) is 4. The summed E-state index contributed by atoms with van der Waals surface area (Å²) in [6, 6.07) is 11.2. The molecule has 0 unspecified atom stereocenters. The maximum absolute atomic E-state index is 14.3. The van der Waals surface area contributed by atoms with Gasteiger partial charge in [0.05, 0.1) is 12.2 Å². The fourth-order valence-corrected chi connectivity index (χ4v) is 2.33. The molecule has 30 heavy (non-hydrogen) atoms. The Morgan fingerprint density at radius 2 is 1.63 bits per heavy atom. The monoisotopic (exact) mass is 414 g/mol. The molecule has 0 N–H and O–H groups in total. The summed E-state index contributed by atoms with van der Waals surface area (Å²) in [5, 5.41) is 0. The van der Waals surface area contributed by atoms with Crippen LogP contribution in [-0.2, 0) is 19.1 Å². The normalized spacial score (nSPS) is 10.2. The Morgan fingerprint density at radius 3 is 2.23 bits per heavy atom. The molecule has 0 aliphatic rings. The van der Waals surface area contributed by atoms with Gasteiger partial charge in [0, 0.05) is 12.7 Å². The molecule has 0 amide bonds. The Hall–Kier alpha value is -3.45. The first-order valence-corrected chi connectivity index (χ1v) is 9.06. The van der Waals surface area contributed by atoms with Crippen molar-refractivity contribution in [1.82, 2.24) is 0 Å². The van der Waals surface area contributed by atoms with Crippen LogP contribution in [0.15, 0.2) is 66.8 Å². The van der Waals surface area contributed by atoms with Crippen molar-refractivity contribution in [3.05, 3.63) is 72.6 Å². The molecule has 0 fully saturated rings. The zero-order chi connectivity index (χ0) is 22.1. The Morgan fingerprint density at radius 1 is 0.967 bits per heavy atom. The second-order valence-electron chi connectivity index (χ2n) is 6.36. The van der Waals surface area contributed by atoms with Crippen molar-refractivity contribution in [3.8, 4) is 22.6 Å². The smallest absolute Gasteiger partial charge is 0.338 e. The first-order valence-electron chi connectivity index (χ1n) is 9.06. The summed E-state index contributed by atoms with van der Waals surface area (Å²) < 4.78 is 34.5. The molecular weight excluding hydrogens is 391 g/mol. The Bertz CT molecular complexity index is 933. The predicted molar refractivity (Wildman–Crippen MR) is 110 cm³/mol. The van der Waals surface area contributed by atoms with Gasteiger partial charge in [-0.15, -0.1) is 0 Å². The third-order valence-corrected chi connectivity index (χ3v) is 3.86. The quantitative estimate of drug-likeness (QED) is 0.252. The first-order chi connectivity index (χ1) is 14.3. The second-order valence-corrected chi connectivity index (χ2v) is 6.36. The highest BCUT2D eigenvalue weighted by Gasteiger charge is 2.10. The number of hydrogen-bond acceptors (Lipinski definition) is 6. The molecule has 0 aliphatic heterocycles. The lowest BCUT2D eigenvalue weighted by molar-refractivity contribution is -0.140. The zero-order valence-electron chi connectivity index (χ0n) is 16.9. The minimum absolute atomic E-state index is 0.00888. The third-order valence-electron chi connectivity index (χ3n) is 3.86. The summed E-state index contributed by atoms with van der Waals surface area (Å²) >= 11 is 0. The summed E-state index contributed by atoms with van der Waals surface area (Å²) in [5.74, 6) is -1.24. The van der Waals surface area contributed by atoms with E-state index in [9.17, 15) is 14.0 Å². The van der Waals surface area contributed by atoms with Gasteiger partial charge in [0.1, 0.15) is 19.0 Å². The van der Waals surface area contributed by atoms with Crippen LogP contribution in [-0.4, -0.2) is 38.9 Å². The summed E-state index contributed by atoms with van der Waals surface area (Å²) in [7, 11) is 1.45. The molecule has 0 bridgehead atoms. The summed E-state index contributed by atoms with van der Waals surface area (Å²) in [6.07, 6.45) is 0. The minimum atomic E-state index is -0.589. The van der Waals surface area contributed by atoms with Gasteiger partial charge in [0.2, 0.25) is 0 Å². The highest BCUT2D eigenvalue weighted by Crippen LogP contribution is 2.27. The minimum Gasteiger partial charge on any atom is -0.487 e. The average Bonchev–Trinajstić information content (AvgIpc) is 2.72. The number of methoxy groups -OCH3 is 1. The van der Waals surface area contributed by atoms with Crippen molar-refractivity contribution in [2.24, 2.45) is 0 Å². The molecular formula is C23H23FO6. The van der Waals surface area contributed by atoms with Gasteiger partial charge in [-0.05, 0) is 42.3 Å². The summed E-state index contributed by atoms with van der Waals surface area (Å²) in [6.45, 7) is 8.64. The molecule has 2 aromatic rings. The van der Waals surface area contributed by atoms with E-state index in [1.807, 2.05) is 0 Å². The maximum atomic E-state index is 14.3. The van der Waals surface area contributed by atoms with E-state index in [-0.39, 0.29) is 31.1 Å². The van der Waals surface area contributed by atoms with E-state index in [1.165, 1.54) is 19.2 Å². The van der Waals surface area contributed by atoms with E-state index in [0.29, 0.717) is 16.9 Å². The van der Waals surface area contributed by atoms with Crippen LogP contribution < -0.4 is 9.47 Å². The molecule has 0 aromatic heterocycles. The van der Waals surface area contributed by atoms with E-state index in [0.717, 1.165) is 5.56 Å². The van der Waals surface area contributed by atoms with Gasteiger partial charge in [-0.25, -0.2) is 14.0 Å². The second kappa shape index (κ2) is 10.9. The molecule has 0 saturated carbocycles. The van der Waals surface area contributed by atoms with Crippen LogP contribution in [0.2, 0.25) is 0 Å². The first kappa shape index (κ1) is 22.8. The molecule has 0 spiro atoms. The molecule has 0 saturated heterocycles. The molecule has 158 valence electrons. The number of carbonyl (C=O) groups excluding carboxylic acids is 2. The summed E-state index contributed by atoms with van der Waals surface area (Å²) in [5.41, 5.74) is 1.85. The topological polar surface area (TPSA) is 71.1 Å². The third kappa shape index (κ3) is 6.56. The number of rotatable bonds is 10. The van der Waals surface area contributed by atoms with Crippen LogP contribution >= 0.6 is 0 Å². The van der Waals surface area contributed by atoms with Crippen molar-refractivity contribution in [2.45, 2.75) is 6.92 Å². The lowest BCUT2D eigenvalue weighted by Gasteiger charge is -2.10. The van der Waals surface area contributed by atoms with E-state index >= 15 is 0 Å². The molecule has 0 radical (unpaired) electrons. The van der Waals surface area contributed by atoms with Crippen LogP contribution in [0.1, 0.15) is 6.92 Å². The van der Waals surface area contributed by atoms with Gasteiger partial charge in [0.15, 0.2) is 11.6 Å². The van der Waals surface area contributed by atoms with E-state index in [1.54, 1.807) is 37.3 Å². The Kier molecular flexibility index (Phi) is 8.31. The van der Waals surface area contributed by atoms with Gasteiger partial charge in [-0.2, -0.15) is 0 Å². The van der Waals surface area contributed by atoms with Crippen molar-refractivity contribution in [1.29, 1.82) is 0 Å². The Labute approximate surface area is 174 Å². The predicted octanol–water partition coefficient (Wildman–Crippen LogP) is 4.10. The molecule has 0 aliphatic carbocycles. The molecule has 6 nitrogen and oxygen atoms in total. The van der Waals surface area contributed by atoms with Gasteiger partial charge >= 0.3 is 11.9 Å². The maximum Gasteiger partial charge on any atom is 0.338 e. The van der Waals surface area contributed by atoms with Crippen molar-refractivity contribution < 1.29 is 32.9 Å². The van der Waals surface area contributed by atoms with Crippen LogP contribution in [0.5, 0.6) is 11.5 Å². The largest absolute Gasteiger partial charge is 0.487 e. The standard InChI is InChI=1S/C23H23FO6/c1-15(2)22(25)30-19-8-5-17(6-9-19)18-7-10-21(20(24)13-18)28-11-12-29-23(26)16(3)14-27-4/h5-10,13H,1,3,11-12,14H2,2,4H3. The SMILES string of the molecule is C=C(C)C(=O)Oc1ccc(-c2ccc(OCCOC(=O)C(=C)COC)c(F)c2)cc1. The summed E-state index contributed by atoms with van der Waals surface area (Å²) in [4.78, 5) is 23.1. The van der Waals surface area contributed by atoms with E-state index in [2.05, 4.69) is 13.2 Å². The van der Waals surface area contributed by atoms with E-state index in [4.69, 9.17) is 18.9 Å². The highest BCUT2D eigenvalue weighted by atomic mass is 19.1. The average molecular weight is 414 g/mol. The van der Waals surface area contributed by atoms with Crippen molar-refractivity contribution >= 4 is 11.9 Å². The lowest BCUT2D eigenvalue weighted by atomic mass is 10.1. The fraction of sp³-hybridized carbons (Fsp3) is 0.217. The van der Waals surface area contributed by atoms with Crippen LogP contribution in [0.3, 0.4) is 0 Å².